The van der Waals surface area contributed by atoms with Crippen LogP contribution in [0.3, 0.4) is 0 Å². The second kappa shape index (κ2) is 4.64. The second-order valence-electron chi connectivity index (χ2n) is 4.64. The van der Waals surface area contributed by atoms with Gasteiger partial charge in [-0.3, -0.25) is 0 Å². The number of anilines is 1. The topological polar surface area (TPSA) is 134 Å². The van der Waals surface area contributed by atoms with E-state index >= 15 is 0 Å². The summed E-state index contributed by atoms with van der Waals surface area (Å²) in [4.78, 5) is 6.66. The third-order valence-corrected chi connectivity index (χ3v) is 3.47. The number of nitrogen functional groups attached to an aromatic ring is 1. The summed E-state index contributed by atoms with van der Waals surface area (Å²) in [5.41, 5.74) is 14.6. The van der Waals surface area contributed by atoms with Gasteiger partial charge in [0.2, 0.25) is 0 Å². The normalized spacial score (nSPS) is 25.8. The Balaban J connectivity index is 1.98. The molecule has 3 N–H and O–H groups in total. The minimum Gasteiger partial charge on any atom is -0.393 e. The molecule has 1 fully saturated rings. The zero-order chi connectivity index (χ0) is 14.2. The Labute approximate surface area is 113 Å². The number of rotatable bonds is 3. The fraction of sp³-hybridized carbons (Fsp3) is 0.455. The Hall–Kier alpha value is -2.35. The number of hydrogen-bond acceptors (Lipinski definition) is 6. The molecule has 1 aliphatic heterocycles. The molecule has 2 aromatic heterocycles. The van der Waals surface area contributed by atoms with E-state index in [-0.39, 0.29) is 12.7 Å². The molecule has 0 radical (unpaired) electrons. The van der Waals surface area contributed by atoms with Gasteiger partial charge in [-0.05, 0) is 30.5 Å². The van der Waals surface area contributed by atoms with Crippen LogP contribution in [-0.4, -0.2) is 32.0 Å². The van der Waals surface area contributed by atoms with Gasteiger partial charge in [-0.15, -0.1) is 0 Å². The first-order valence-corrected chi connectivity index (χ1v) is 6.12. The lowest BCUT2D eigenvalue weighted by Crippen LogP contribution is -2.29. The van der Waals surface area contributed by atoms with Crippen molar-refractivity contribution in [2.45, 2.75) is 24.7 Å². The van der Waals surface area contributed by atoms with E-state index in [0.717, 1.165) is 5.69 Å². The predicted molar refractivity (Wildman–Crippen MR) is 69.4 cm³/mol. The van der Waals surface area contributed by atoms with Crippen LogP contribution in [0.2, 0.25) is 0 Å². The van der Waals surface area contributed by atoms with Crippen LogP contribution in [0.15, 0.2) is 23.6 Å². The lowest BCUT2D eigenvalue weighted by Gasteiger charge is -2.21. The van der Waals surface area contributed by atoms with Gasteiger partial charge >= 0.3 is 0 Å². The molecular weight excluding hydrogens is 262 g/mol. The summed E-state index contributed by atoms with van der Waals surface area (Å²) in [6, 6.07) is 3.65. The molecule has 0 spiro atoms. The number of aromatic nitrogens is 3. The molecule has 0 unspecified atom stereocenters. The summed E-state index contributed by atoms with van der Waals surface area (Å²) >= 11 is 0. The van der Waals surface area contributed by atoms with Crippen molar-refractivity contribution in [2.75, 3.05) is 12.3 Å². The Bertz CT molecular complexity index is 693. The molecule has 9 nitrogen and oxygen atoms in total. The molecule has 104 valence electrons. The summed E-state index contributed by atoms with van der Waals surface area (Å²) in [6.45, 7) is -0.353. The molecule has 1 saturated heterocycles. The summed E-state index contributed by atoms with van der Waals surface area (Å²) in [7, 11) is 0. The predicted octanol–water partition coefficient (Wildman–Crippen LogP) is 1.16. The summed E-state index contributed by atoms with van der Waals surface area (Å²) in [6.07, 6.45) is 2.12. The van der Waals surface area contributed by atoms with Crippen LogP contribution in [0, 0.1) is 0 Å². The van der Waals surface area contributed by atoms with Crippen molar-refractivity contribution in [1.82, 2.24) is 14.6 Å². The fourth-order valence-electron chi connectivity index (χ4n) is 2.47. The van der Waals surface area contributed by atoms with Gasteiger partial charge in [0.25, 0.3) is 0 Å². The molecule has 20 heavy (non-hydrogen) atoms. The number of fused-ring (bicyclic) bond motifs is 1. The minimum atomic E-state index is -1.19. The maximum atomic E-state index is 9.38. The van der Waals surface area contributed by atoms with Gasteiger partial charge in [-0.2, -0.15) is 5.10 Å². The number of azide groups is 1. The third kappa shape index (κ3) is 1.85. The number of aliphatic hydroxyl groups is 1. The average molecular weight is 275 g/mol. The quantitative estimate of drug-likeness (QED) is 0.492. The molecule has 2 aromatic rings. The van der Waals surface area contributed by atoms with Crippen molar-refractivity contribution >= 4 is 11.3 Å². The van der Waals surface area contributed by atoms with Crippen LogP contribution >= 0.6 is 0 Å². The van der Waals surface area contributed by atoms with E-state index in [2.05, 4.69) is 20.1 Å². The van der Waals surface area contributed by atoms with E-state index in [0.29, 0.717) is 24.2 Å². The smallest absolute Gasteiger partial charge is 0.170 e. The van der Waals surface area contributed by atoms with Crippen LogP contribution < -0.4 is 5.73 Å². The van der Waals surface area contributed by atoms with Crippen LogP contribution in [0.25, 0.3) is 16.0 Å². The van der Waals surface area contributed by atoms with Crippen molar-refractivity contribution in [3.05, 3.63) is 34.6 Å². The molecule has 0 saturated carbocycles. The Kier molecular flexibility index (Phi) is 2.94. The zero-order valence-electron chi connectivity index (χ0n) is 10.5. The van der Waals surface area contributed by atoms with Gasteiger partial charge in [0, 0.05) is 4.91 Å². The zero-order valence-corrected chi connectivity index (χ0v) is 10.5. The first kappa shape index (κ1) is 12.7. The first-order valence-electron chi connectivity index (χ1n) is 6.12. The minimum absolute atomic E-state index is 0.315. The highest BCUT2D eigenvalue weighted by Gasteiger charge is 2.40. The van der Waals surface area contributed by atoms with Crippen LogP contribution in [-0.2, 0) is 4.74 Å². The van der Waals surface area contributed by atoms with Crippen molar-refractivity contribution in [1.29, 1.82) is 0 Å². The maximum absolute atomic E-state index is 9.38. The lowest BCUT2D eigenvalue weighted by molar-refractivity contribution is -0.0713. The number of ether oxygens (including phenoxy) is 1. The van der Waals surface area contributed by atoms with E-state index in [1.807, 2.05) is 6.07 Å². The fourth-order valence-corrected chi connectivity index (χ4v) is 2.47. The lowest BCUT2D eigenvalue weighted by atomic mass is 10.1. The van der Waals surface area contributed by atoms with Gasteiger partial charge in [0.15, 0.2) is 11.5 Å². The Morgan fingerprint density at radius 2 is 2.50 bits per heavy atom. The second-order valence-corrected chi connectivity index (χ2v) is 4.64. The molecular formula is C11H13N7O2. The standard InChI is InChI=1S/C11H13N7O2/c12-10-8-2-1-7(18(8)15-6-14-10)9-3-4-11(5-19,20-9)16-17-13/h1-2,6,9,19H,3-5H2,(H2,12,14,15)/t9-,11+/m1/s1. The van der Waals surface area contributed by atoms with E-state index < -0.39 is 5.72 Å². The summed E-state index contributed by atoms with van der Waals surface area (Å²) in [5.74, 6) is 0.382. The number of nitrogens with two attached hydrogens (primary N) is 1. The van der Waals surface area contributed by atoms with Gasteiger partial charge in [0.1, 0.15) is 17.9 Å². The Morgan fingerprint density at radius 1 is 1.65 bits per heavy atom. The molecule has 3 rings (SSSR count). The molecule has 0 amide bonds. The molecule has 0 aliphatic carbocycles. The van der Waals surface area contributed by atoms with Gasteiger partial charge in [-0.1, -0.05) is 5.11 Å². The van der Waals surface area contributed by atoms with Crippen molar-refractivity contribution in [3.8, 4) is 0 Å². The van der Waals surface area contributed by atoms with E-state index in [1.165, 1.54) is 6.33 Å². The van der Waals surface area contributed by atoms with Crippen LogP contribution in [0.1, 0.15) is 24.6 Å². The Morgan fingerprint density at radius 3 is 3.25 bits per heavy atom. The van der Waals surface area contributed by atoms with Crippen molar-refractivity contribution < 1.29 is 9.84 Å². The molecule has 9 heteroatoms. The molecule has 1 aliphatic rings. The first-order chi connectivity index (χ1) is 9.69. The highest BCUT2D eigenvalue weighted by atomic mass is 16.5. The van der Waals surface area contributed by atoms with Crippen LogP contribution in [0.4, 0.5) is 5.82 Å². The average Bonchev–Trinajstić information content (AvgIpc) is 3.04. The number of hydrogen-bond donors (Lipinski definition) is 2. The molecule has 0 aromatic carbocycles. The monoisotopic (exact) mass is 275 g/mol. The summed E-state index contributed by atoms with van der Waals surface area (Å²) in [5, 5.41) is 17.1. The van der Waals surface area contributed by atoms with Crippen molar-refractivity contribution in [2.24, 2.45) is 5.11 Å². The van der Waals surface area contributed by atoms with E-state index in [1.54, 1.807) is 10.6 Å². The number of nitrogens with zero attached hydrogens (tertiary/aromatic N) is 6. The SMILES string of the molecule is [N-]=[N+]=N[C@@]1(CO)CC[C@H](c2ccc3c(N)ncnn23)O1. The van der Waals surface area contributed by atoms with Crippen molar-refractivity contribution in [3.63, 3.8) is 0 Å². The van der Waals surface area contributed by atoms with Gasteiger partial charge < -0.3 is 15.6 Å². The summed E-state index contributed by atoms with van der Waals surface area (Å²) < 4.78 is 7.39. The highest BCUT2D eigenvalue weighted by Crippen LogP contribution is 2.40. The number of aliphatic hydroxyl groups excluding tert-OH is 1. The maximum Gasteiger partial charge on any atom is 0.170 e. The third-order valence-electron chi connectivity index (χ3n) is 3.47. The molecule has 2 atom stereocenters. The van der Waals surface area contributed by atoms with Gasteiger partial charge in [0.05, 0.1) is 12.3 Å². The highest BCUT2D eigenvalue weighted by molar-refractivity contribution is 5.65. The van der Waals surface area contributed by atoms with E-state index in [9.17, 15) is 5.11 Å². The van der Waals surface area contributed by atoms with E-state index in [4.69, 9.17) is 16.0 Å². The molecule has 3 heterocycles. The van der Waals surface area contributed by atoms with Crippen LogP contribution in [0.5, 0.6) is 0 Å². The largest absolute Gasteiger partial charge is 0.393 e. The van der Waals surface area contributed by atoms with Gasteiger partial charge in [-0.25, -0.2) is 9.50 Å². The molecule has 0 bridgehead atoms.